The van der Waals surface area contributed by atoms with E-state index in [1.54, 1.807) is 27.0 Å². The van der Waals surface area contributed by atoms with Gasteiger partial charge < -0.3 is 4.74 Å². The van der Waals surface area contributed by atoms with Gasteiger partial charge in [0.1, 0.15) is 5.60 Å². The van der Waals surface area contributed by atoms with Crippen LogP contribution >= 0.6 is 0 Å². The van der Waals surface area contributed by atoms with Crippen LogP contribution in [0.2, 0.25) is 0 Å². The first kappa shape index (κ1) is 14.0. The molecular formula is C16H20N2O3. The summed E-state index contributed by atoms with van der Waals surface area (Å²) in [6.45, 7) is 5.41. The van der Waals surface area contributed by atoms with Crippen LogP contribution in [-0.2, 0) is 14.9 Å². The summed E-state index contributed by atoms with van der Waals surface area (Å²) in [5.74, 6) is -0.160. The lowest BCUT2D eigenvalue weighted by Crippen LogP contribution is -2.48. The summed E-state index contributed by atoms with van der Waals surface area (Å²) in [7, 11) is 0. The second-order valence-electron chi connectivity index (χ2n) is 6.85. The first-order chi connectivity index (χ1) is 9.83. The number of ether oxygens (including phenoxy) is 1. The Kier molecular flexibility index (Phi) is 3.04. The molecule has 5 nitrogen and oxygen atoms in total. The number of rotatable bonds is 1. The van der Waals surface area contributed by atoms with Gasteiger partial charge >= 0.3 is 6.09 Å². The van der Waals surface area contributed by atoms with Crippen LogP contribution in [0.3, 0.4) is 0 Å². The van der Waals surface area contributed by atoms with Gasteiger partial charge in [-0.1, -0.05) is 6.07 Å². The van der Waals surface area contributed by atoms with Crippen molar-refractivity contribution in [3.8, 4) is 0 Å². The Morgan fingerprint density at radius 3 is 2.81 bits per heavy atom. The molecule has 112 valence electrons. The highest BCUT2D eigenvalue weighted by molar-refractivity contribution is 6.01. The molecule has 2 fully saturated rings. The molecule has 0 N–H and O–H groups in total. The second kappa shape index (κ2) is 4.55. The lowest BCUT2D eigenvalue weighted by atomic mass is 9.82. The fourth-order valence-electron chi connectivity index (χ4n) is 3.36. The molecule has 0 aromatic carbocycles. The van der Waals surface area contributed by atoms with Gasteiger partial charge in [0.25, 0.3) is 0 Å². The largest absolute Gasteiger partial charge is 0.443 e. The van der Waals surface area contributed by atoms with Crippen molar-refractivity contribution in [2.45, 2.75) is 57.1 Å². The van der Waals surface area contributed by atoms with E-state index in [1.165, 1.54) is 4.90 Å². The first-order valence-corrected chi connectivity index (χ1v) is 7.32. The highest BCUT2D eigenvalue weighted by Crippen LogP contribution is 2.50. The molecule has 1 aliphatic carbocycles. The summed E-state index contributed by atoms with van der Waals surface area (Å²) in [5, 5.41) is 0. The Morgan fingerprint density at radius 2 is 2.19 bits per heavy atom. The zero-order valence-corrected chi connectivity index (χ0v) is 12.6. The molecule has 1 aliphatic heterocycles. The summed E-state index contributed by atoms with van der Waals surface area (Å²) in [6.07, 6.45) is 3.40. The van der Waals surface area contributed by atoms with Gasteiger partial charge in [-0.05, 0) is 52.2 Å². The first-order valence-electron chi connectivity index (χ1n) is 7.32. The minimum absolute atomic E-state index is 0.0608. The van der Waals surface area contributed by atoms with Crippen LogP contribution in [0.25, 0.3) is 0 Å². The van der Waals surface area contributed by atoms with Crippen LogP contribution in [0.4, 0.5) is 4.79 Å². The standard InChI is InChI=1S/C16H20N2O3/c1-15(2,3)21-14(20)18-11-7-8-16(10-11,13(18)19)12-6-4-5-9-17-12/h4-6,9,11H,7-8,10H2,1-3H3. The number of piperidine rings is 1. The van der Waals surface area contributed by atoms with Crippen molar-refractivity contribution in [1.29, 1.82) is 0 Å². The van der Waals surface area contributed by atoms with Gasteiger partial charge in [0.05, 0.1) is 11.1 Å². The molecule has 2 aliphatic rings. The Labute approximate surface area is 124 Å². The summed E-state index contributed by atoms with van der Waals surface area (Å²) in [6, 6.07) is 5.53. The molecule has 0 spiro atoms. The molecule has 2 heterocycles. The van der Waals surface area contributed by atoms with E-state index in [0.717, 1.165) is 18.5 Å². The van der Waals surface area contributed by atoms with E-state index in [-0.39, 0.29) is 11.9 Å². The SMILES string of the molecule is CC(C)(C)OC(=O)N1C(=O)C2(c3ccccn3)CCC1C2. The Balaban J connectivity index is 1.89. The van der Waals surface area contributed by atoms with Crippen LogP contribution < -0.4 is 0 Å². The van der Waals surface area contributed by atoms with Gasteiger partial charge in [0.15, 0.2) is 0 Å². The highest BCUT2D eigenvalue weighted by atomic mass is 16.6. The highest BCUT2D eigenvalue weighted by Gasteiger charge is 2.60. The van der Waals surface area contributed by atoms with Crippen molar-refractivity contribution in [2.24, 2.45) is 0 Å². The second-order valence-corrected chi connectivity index (χ2v) is 6.85. The maximum absolute atomic E-state index is 12.8. The van der Waals surface area contributed by atoms with Crippen molar-refractivity contribution in [1.82, 2.24) is 9.88 Å². The fraction of sp³-hybridized carbons (Fsp3) is 0.562. The van der Waals surface area contributed by atoms with Gasteiger partial charge in [-0.25, -0.2) is 9.69 Å². The minimum atomic E-state index is -0.636. The third kappa shape index (κ3) is 2.20. The van der Waals surface area contributed by atoms with E-state index in [1.807, 2.05) is 18.2 Å². The average Bonchev–Trinajstić information content (AvgIpc) is 2.95. The number of carbonyl (C=O) groups excluding carboxylic acids is 2. The number of hydrogen-bond donors (Lipinski definition) is 0. The van der Waals surface area contributed by atoms with Gasteiger partial charge in [-0.15, -0.1) is 0 Å². The predicted octanol–water partition coefficient (Wildman–Crippen LogP) is 2.65. The fourth-order valence-corrected chi connectivity index (χ4v) is 3.36. The number of imide groups is 1. The quantitative estimate of drug-likeness (QED) is 0.797. The van der Waals surface area contributed by atoms with Crippen molar-refractivity contribution in [3.05, 3.63) is 30.1 Å². The van der Waals surface area contributed by atoms with Crippen molar-refractivity contribution in [2.75, 3.05) is 0 Å². The topological polar surface area (TPSA) is 59.5 Å². The number of carbonyl (C=O) groups is 2. The molecule has 1 saturated carbocycles. The zero-order chi connectivity index (χ0) is 15.3. The normalized spacial score (nSPS) is 28.0. The van der Waals surface area contributed by atoms with Gasteiger partial charge in [-0.3, -0.25) is 9.78 Å². The van der Waals surface area contributed by atoms with E-state index in [9.17, 15) is 9.59 Å². The van der Waals surface area contributed by atoms with Gasteiger partial charge in [0.2, 0.25) is 5.91 Å². The number of amides is 2. The zero-order valence-electron chi connectivity index (χ0n) is 12.6. The lowest BCUT2D eigenvalue weighted by Gasteiger charge is -2.31. The third-order valence-corrected chi connectivity index (χ3v) is 4.23. The van der Waals surface area contributed by atoms with E-state index in [4.69, 9.17) is 4.74 Å². The maximum Gasteiger partial charge on any atom is 0.417 e. The van der Waals surface area contributed by atoms with E-state index < -0.39 is 17.1 Å². The number of fused-ring (bicyclic) bond motifs is 2. The Hall–Kier alpha value is -1.91. The molecule has 5 heteroatoms. The van der Waals surface area contributed by atoms with Crippen molar-refractivity contribution >= 4 is 12.0 Å². The van der Waals surface area contributed by atoms with Crippen LogP contribution in [0.15, 0.2) is 24.4 Å². The average molecular weight is 288 g/mol. The molecule has 2 bridgehead atoms. The molecule has 3 rings (SSSR count). The molecule has 0 radical (unpaired) electrons. The number of nitrogens with zero attached hydrogens (tertiary/aromatic N) is 2. The Morgan fingerprint density at radius 1 is 1.43 bits per heavy atom. The molecule has 1 saturated heterocycles. The van der Waals surface area contributed by atoms with E-state index in [0.29, 0.717) is 6.42 Å². The number of likely N-dealkylation sites (tertiary alicyclic amines) is 1. The van der Waals surface area contributed by atoms with E-state index >= 15 is 0 Å². The van der Waals surface area contributed by atoms with Crippen LogP contribution in [-0.4, -0.2) is 33.5 Å². The molecular weight excluding hydrogens is 268 g/mol. The Bertz CT molecular complexity index is 579. The van der Waals surface area contributed by atoms with E-state index in [2.05, 4.69) is 4.98 Å². The van der Waals surface area contributed by atoms with Crippen LogP contribution in [0.5, 0.6) is 0 Å². The van der Waals surface area contributed by atoms with Crippen LogP contribution in [0.1, 0.15) is 45.7 Å². The third-order valence-electron chi connectivity index (χ3n) is 4.23. The maximum atomic E-state index is 12.8. The van der Waals surface area contributed by atoms with Gasteiger partial charge in [-0.2, -0.15) is 0 Å². The molecule has 1 aromatic rings. The molecule has 2 amide bonds. The van der Waals surface area contributed by atoms with Gasteiger partial charge in [0, 0.05) is 12.2 Å². The summed E-state index contributed by atoms with van der Waals surface area (Å²) in [4.78, 5) is 30.8. The smallest absolute Gasteiger partial charge is 0.417 e. The molecule has 2 atom stereocenters. The summed E-state index contributed by atoms with van der Waals surface area (Å²) >= 11 is 0. The monoisotopic (exact) mass is 288 g/mol. The number of hydrogen-bond acceptors (Lipinski definition) is 4. The number of pyridine rings is 1. The van der Waals surface area contributed by atoms with Crippen molar-refractivity contribution < 1.29 is 14.3 Å². The molecule has 21 heavy (non-hydrogen) atoms. The summed E-state index contributed by atoms with van der Waals surface area (Å²) < 4.78 is 5.37. The lowest BCUT2D eigenvalue weighted by molar-refractivity contribution is -0.134. The molecule has 1 aromatic heterocycles. The van der Waals surface area contributed by atoms with Crippen LogP contribution in [0, 0.1) is 0 Å². The summed E-state index contributed by atoms with van der Waals surface area (Å²) in [5.41, 5.74) is -0.469. The minimum Gasteiger partial charge on any atom is -0.443 e. The number of aromatic nitrogens is 1. The van der Waals surface area contributed by atoms with Crippen molar-refractivity contribution in [3.63, 3.8) is 0 Å². The predicted molar refractivity (Wildman–Crippen MR) is 76.6 cm³/mol. The molecule has 2 unspecified atom stereocenters.